The van der Waals surface area contributed by atoms with Gasteiger partial charge in [0.05, 0.1) is 18.1 Å². The van der Waals surface area contributed by atoms with Crippen molar-refractivity contribution in [2.75, 3.05) is 11.9 Å². The Labute approximate surface area is 119 Å². The molecule has 20 heavy (non-hydrogen) atoms. The van der Waals surface area contributed by atoms with E-state index in [9.17, 15) is 0 Å². The van der Waals surface area contributed by atoms with E-state index >= 15 is 0 Å². The number of nitrogens with one attached hydrogen (secondary N) is 1. The molecular formula is C15H20N4O. The Morgan fingerprint density at radius 3 is 2.75 bits per heavy atom. The third-order valence-corrected chi connectivity index (χ3v) is 2.79. The molecule has 0 unspecified atom stereocenters. The second kappa shape index (κ2) is 6.84. The average molecular weight is 272 g/mol. The van der Waals surface area contributed by atoms with Crippen LogP contribution in [0.15, 0.2) is 24.5 Å². The lowest BCUT2D eigenvalue weighted by Crippen LogP contribution is -2.03. The van der Waals surface area contributed by atoms with E-state index in [-0.39, 0.29) is 0 Å². The highest BCUT2D eigenvalue weighted by molar-refractivity contribution is 5.36. The van der Waals surface area contributed by atoms with Crippen molar-refractivity contribution in [1.29, 1.82) is 0 Å². The fourth-order valence-corrected chi connectivity index (χ4v) is 1.79. The molecule has 0 spiro atoms. The molecule has 106 valence electrons. The normalized spacial score (nSPS) is 10.3. The minimum atomic E-state index is 0.478. The molecule has 2 aromatic rings. The van der Waals surface area contributed by atoms with E-state index < -0.39 is 0 Å². The van der Waals surface area contributed by atoms with Crippen LogP contribution >= 0.6 is 0 Å². The molecule has 0 saturated heterocycles. The number of anilines is 1. The van der Waals surface area contributed by atoms with Gasteiger partial charge in [-0.1, -0.05) is 13.8 Å². The molecule has 0 aliphatic heterocycles. The second-order valence-corrected chi connectivity index (χ2v) is 4.52. The molecule has 2 heterocycles. The van der Waals surface area contributed by atoms with Gasteiger partial charge in [0.15, 0.2) is 5.75 Å². The highest BCUT2D eigenvalue weighted by atomic mass is 16.5. The van der Waals surface area contributed by atoms with Crippen molar-refractivity contribution in [2.45, 2.75) is 33.6 Å². The molecule has 5 nitrogen and oxygen atoms in total. The van der Waals surface area contributed by atoms with Crippen molar-refractivity contribution in [1.82, 2.24) is 15.0 Å². The van der Waals surface area contributed by atoms with Gasteiger partial charge in [0.1, 0.15) is 5.82 Å². The number of aryl methyl sites for hydroxylation is 2. The Kier molecular flexibility index (Phi) is 4.87. The SMILES string of the molecule is CCCNc1cncc(Oc2ccc(C)nc2CC)n1. The zero-order valence-electron chi connectivity index (χ0n) is 12.2. The fraction of sp³-hybridized carbons (Fsp3) is 0.400. The molecule has 5 heteroatoms. The van der Waals surface area contributed by atoms with Gasteiger partial charge >= 0.3 is 0 Å². The number of ether oxygens (including phenoxy) is 1. The predicted octanol–water partition coefficient (Wildman–Crippen LogP) is 3.36. The summed E-state index contributed by atoms with van der Waals surface area (Å²) in [6.07, 6.45) is 5.15. The van der Waals surface area contributed by atoms with E-state index in [1.54, 1.807) is 12.4 Å². The summed E-state index contributed by atoms with van der Waals surface area (Å²) < 4.78 is 5.80. The summed E-state index contributed by atoms with van der Waals surface area (Å²) in [5.74, 6) is 1.94. The highest BCUT2D eigenvalue weighted by Gasteiger charge is 2.07. The summed E-state index contributed by atoms with van der Waals surface area (Å²) in [6, 6.07) is 3.86. The first-order valence-corrected chi connectivity index (χ1v) is 6.93. The molecule has 0 fully saturated rings. The third-order valence-electron chi connectivity index (χ3n) is 2.79. The molecule has 0 bridgehead atoms. The summed E-state index contributed by atoms with van der Waals surface area (Å²) >= 11 is 0. The summed E-state index contributed by atoms with van der Waals surface area (Å²) in [7, 11) is 0. The maximum Gasteiger partial charge on any atom is 0.239 e. The summed E-state index contributed by atoms with van der Waals surface area (Å²) in [5, 5.41) is 3.19. The zero-order valence-corrected chi connectivity index (χ0v) is 12.2. The van der Waals surface area contributed by atoms with Crippen molar-refractivity contribution in [3.05, 3.63) is 35.9 Å². The number of aromatic nitrogens is 3. The van der Waals surface area contributed by atoms with Crippen molar-refractivity contribution in [3.63, 3.8) is 0 Å². The first-order valence-electron chi connectivity index (χ1n) is 6.93. The van der Waals surface area contributed by atoms with Gasteiger partial charge in [0.25, 0.3) is 0 Å². The standard InChI is InChI=1S/C15H20N4O/c1-4-8-17-14-9-16-10-15(19-14)20-13-7-6-11(3)18-12(13)5-2/h6-7,9-10H,4-5,8H2,1-3H3,(H,17,19). The average Bonchev–Trinajstić information content (AvgIpc) is 2.47. The van der Waals surface area contributed by atoms with Crippen molar-refractivity contribution >= 4 is 5.82 Å². The minimum Gasteiger partial charge on any atom is -0.436 e. The van der Waals surface area contributed by atoms with Gasteiger partial charge in [-0.25, -0.2) is 0 Å². The van der Waals surface area contributed by atoms with Crippen LogP contribution in [0.3, 0.4) is 0 Å². The van der Waals surface area contributed by atoms with Crippen molar-refractivity contribution in [3.8, 4) is 11.6 Å². The van der Waals surface area contributed by atoms with Gasteiger partial charge in [0, 0.05) is 12.2 Å². The lowest BCUT2D eigenvalue weighted by molar-refractivity contribution is 0.452. The zero-order chi connectivity index (χ0) is 14.4. The Balaban J connectivity index is 2.17. The Hall–Kier alpha value is -2.17. The number of pyridine rings is 1. The lowest BCUT2D eigenvalue weighted by Gasteiger charge is -2.10. The van der Waals surface area contributed by atoms with E-state index in [0.717, 1.165) is 42.3 Å². The topological polar surface area (TPSA) is 59.9 Å². The monoisotopic (exact) mass is 272 g/mol. The van der Waals surface area contributed by atoms with Crippen LogP contribution < -0.4 is 10.1 Å². The van der Waals surface area contributed by atoms with Gasteiger partial charge in [-0.05, 0) is 31.9 Å². The van der Waals surface area contributed by atoms with Crippen molar-refractivity contribution < 1.29 is 4.74 Å². The molecular weight excluding hydrogens is 252 g/mol. The Bertz CT molecular complexity index is 572. The molecule has 0 amide bonds. The molecule has 0 atom stereocenters. The van der Waals surface area contributed by atoms with E-state index in [1.807, 2.05) is 19.1 Å². The predicted molar refractivity (Wildman–Crippen MR) is 79.2 cm³/mol. The second-order valence-electron chi connectivity index (χ2n) is 4.52. The summed E-state index contributed by atoms with van der Waals surface area (Å²) in [5.41, 5.74) is 1.91. The lowest BCUT2D eigenvalue weighted by atomic mass is 10.2. The van der Waals surface area contributed by atoms with Crippen LogP contribution in [0.5, 0.6) is 11.6 Å². The fourth-order valence-electron chi connectivity index (χ4n) is 1.79. The maximum absolute atomic E-state index is 5.80. The van der Waals surface area contributed by atoms with Crippen LogP contribution in [0.25, 0.3) is 0 Å². The first-order chi connectivity index (χ1) is 9.72. The molecule has 0 aromatic carbocycles. The molecule has 0 radical (unpaired) electrons. The first kappa shape index (κ1) is 14.2. The molecule has 0 aliphatic carbocycles. The van der Waals surface area contributed by atoms with Crippen LogP contribution in [0.4, 0.5) is 5.82 Å². The van der Waals surface area contributed by atoms with E-state index in [1.165, 1.54) is 0 Å². The quantitative estimate of drug-likeness (QED) is 0.873. The smallest absolute Gasteiger partial charge is 0.239 e. The number of nitrogens with zero attached hydrogens (tertiary/aromatic N) is 3. The molecule has 2 rings (SSSR count). The van der Waals surface area contributed by atoms with Crippen LogP contribution in [0.2, 0.25) is 0 Å². The molecule has 0 saturated carbocycles. The third kappa shape index (κ3) is 3.66. The van der Waals surface area contributed by atoms with Crippen LogP contribution in [0.1, 0.15) is 31.7 Å². The number of hydrogen-bond acceptors (Lipinski definition) is 5. The Morgan fingerprint density at radius 2 is 2.00 bits per heavy atom. The molecule has 2 aromatic heterocycles. The summed E-state index contributed by atoms with van der Waals surface area (Å²) in [4.78, 5) is 13.0. The Morgan fingerprint density at radius 1 is 1.15 bits per heavy atom. The van der Waals surface area contributed by atoms with Gasteiger partial charge in [-0.2, -0.15) is 4.98 Å². The van der Waals surface area contributed by atoms with Crippen molar-refractivity contribution in [2.24, 2.45) is 0 Å². The van der Waals surface area contributed by atoms with Crippen LogP contribution in [0, 0.1) is 6.92 Å². The van der Waals surface area contributed by atoms with E-state index in [2.05, 4.69) is 34.1 Å². The summed E-state index contributed by atoms with van der Waals surface area (Å²) in [6.45, 7) is 6.99. The molecule has 0 aliphatic rings. The van der Waals surface area contributed by atoms with Gasteiger partial charge in [-0.3, -0.25) is 9.97 Å². The minimum absolute atomic E-state index is 0.478. The van der Waals surface area contributed by atoms with E-state index in [4.69, 9.17) is 4.74 Å². The van der Waals surface area contributed by atoms with E-state index in [0.29, 0.717) is 5.88 Å². The van der Waals surface area contributed by atoms with Crippen LogP contribution in [-0.2, 0) is 6.42 Å². The van der Waals surface area contributed by atoms with Crippen LogP contribution in [-0.4, -0.2) is 21.5 Å². The van der Waals surface area contributed by atoms with Gasteiger partial charge in [0.2, 0.25) is 5.88 Å². The van der Waals surface area contributed by atoms with Gasteiger partial charge in [-0.15, -0.1) is 0 Å². The number of hydrogen-bond donors (Lipinski definition) is 1. The maximum atomic E-state index is 5.80. The number of rotatable bonds is 6. The largest absolute Gasteiger partial charge is 0.436 e. The highest BCUT2D eigenvalue weighted by Crippen LogP contribution is 2.23. The molecule has 1 N–H and O–H groups in total. The van der Waals surface area contributed by atoms with Gasteiger partial charge < -0.3 is 10.1 Å².